The molecule has 0 rings (SSSR count). The van der Waals surface area contributed by atoms with E-state index in [9.17, 15) is 18.7 Å². The molecule has 8 N–H and O–H groups in total. The average molecular weight is 362 g/mol. The van der Waals surface area contributed by atoms with Crippen LogP contribution >= 0.6 is 15.2 Å². The summed E-state index contributed by atoms with van der Waals surface area (Å²) in [5, 5.41) is 24.9. The van der Waals surface area contributed by atoms with Crippen LogP contribution in [0, 0.1) is 0 Å². The van der Waals surface area contributed by atoms with Gasteiger partial charge in [0, 0.05) is 19.0 Å². The molecule has 0 aliphatic carbocycles. The summed E-state index contributed by atoms with van der Waals surface area (Å²) in [6, 6.07) is -1.99. The molecule has 22 heavy (non-hydrogen) atoms. The molecule has 0 aliphatic heterocycles. The van der Waals surface area contributed by atoms with Gasteiger partial charge < -0.3 is 36.2 Å². The third-order valence-corrected chi connectivity index (χ3v) is 4.69. The van der Waals surface area contributed by atoms with E-state index in [2.05, 4.69) is 0 Å². The van der Waals surface area contributed by atoms with Gasteiger partial charge in [0.1, 0.15) is 19.9 Å². The molecular weight excluding hydrogens is 338 g/mol. The van der Waals surface area contributed by atoms with Crippen molar-refractivity contribution in [2.45, 2.75) is 24.9 Å². The van der Waals surface area contributed by atoms with Crippen molar-refractivity contribution >= 4 is 27.1 Å². The summed E-state index contributed by atoms with van der Waals surface area (Å²) in [7, 11) is -5.10. The fourth-order valence-electron chi connectivity index (χ4n) is 1.02. The van der Waals surface area contributed by atoms with E-state index in [0.29, 0.717) is 0 Å². The molecule has 0 aromatic heterocycles. The number of aliphatic hydroxyl groups excluding tert-OH is 1. The Bertz CT molecular complexity index is 425. The van der Waals surface area contributed by atoms with Crippen LogP contribution in [0.2, 0.25) is 0 Å². The topological polar surface area (TPSA) is 201 Å². The molecule has 12 heteroatoms. The molecule has 4 atom stereocenters. The number of nitrogens with two attached hydrogens (primary N) is 2. The van der Waals surface area contributed by atoms with Crippen LogP contribution in [-0.4, -0.2) is 69.6 Å². The second-order valence-electron chi connectivity index (χ2n) is 4.69. The number of carbonyl (C=O) groups is 2. The van der Waals surface area contributed by atoms with Gasteiger partial charge in [-0.1, -0.05) is 0 Å². The van der Waals surface area contributed by atoms with Crippen molar-refractivity contribution in [2.75, 3.05) is 25.3 Å². The number of rotatable bonds is 9. The van der Waals surface area contributed by atoms with Gasteiger partial charge in [0.25, 0.3) is 0 Å². The first-order chi connectivity index (χ1) is 9.90. The van der Waals surface area contributed by atoms with Crippen molar-refractivity contribution in [3.05, 3.63) is 0 Å². The van der Waals surface area contributed by atoms with Gasteiger partial charge >= 0.3 is 11.9 Å². The first kappa shape index (κ1) is 23.5. The lowest BCUT2D eigenvalue weighted by atomic mass is 10.2. The highest BCUT2D eigenvalue weighted by atomic mass is 31.2. The molecule has 0 radical (unpaired) electrons. The van der Waals surface area contributed by atoms with Crippen LogP contribution in [0.5, 0.6) is 0 Å². The molecule has 10 nitrogen and oxygen atoms in total. The van der Waals surface area contributed by atoms with Crippen LogP contribution in [0.15, 0.2) is 0 Å². The zero-order valence-corrected chi connectivity index (χ0v) is 14.1. The summed E-state index contributed by atoms with van der Waals surface area (Å²) in [6.45, 7) is 1.18. The normalized spacial score (nSPS) is 17.3. The van der Waals surface area contributed by atoms with E-state index in [0.717, 1.165) is 0 Å². The minimum atomic E-state index is -3.10. The second-order valence-corrected chi connectivity index (χ2v) is 9.13. The van der Waals surface area contributed by atoms with Crippen molar-refractivity contribution in [3.63, 3.8) is 0 Å². The summed E-state index contributed by atoms with van der Waals surface area (Å²) in [6.07, 6.45) is -0.000589. The number of carboxylic acids is 2. The van der Waals surface area contributed by atoms with Gasteiger partial charge in [-0.05, 0) is 12.8 Å². The van der Waals surface area contributed by atoms with Crippen LogP contribution in [0.25, 0.3) is 0 Å². The molecule has 0 heterocycles. The highest BCUT2D eigenvalue weighted by Crippen LogP contribution is 2.35. The van der Waals surface area contributed by atoms with Crippen molar-refractivity contribution in [3.8, 4) is 0 Å². The van der Waals surface area contributed by atoms with Gasteiger partial charge in [-0.3, -0.25) is 14.2 Å². The highest BCUT2D eigenvalue weighted by molar-refractivity contribution is 7.57. The third-order valence-electron chi connectivity index (χ3n) is 2.40. The molecule has 0 saturated heterocycles. The number of aliphatic hydroxyl groups is 1. The maximum atomic E-state index is 10.6. The Kier molecular flexibility index (Phi) is 12.6. The molecule has 0 spiro atoms. The lowest BCUT2D eigenvalue weighted by Gasteiger charge is -2.07. The predicted octanol–water partition coefficient (Wildman–Crippen LogP) is -1.01. The highest BCUT2D eigenvalue weighted by Gasteiger charge is 2.16. The first-order valence-corrected chi connectivity index (χ1v) is 10.4. The van der Waals surface area contributed by atoms with E-state index < -0.39 is 39.2 Å². The molecule has 0 aromatic carbocycles. The molecule has 0 aromatic rings. The van der Waals surface area contributed by atoms with Crippen LogP contribution in [0.3, 0.4) is 0 Å². The maximum Gasteiger partial charge on any atom is 0.320 e. The lowest BCUT2D eigenvalue weighted by molar-refractivity contribution is -0.139. The van der Waals surface area contributed by atoms with Gasteiger partial charge in [-0.2, -0.15) is 0 Å². The quantitative estimate of drug-likeness (QED) is 0.276. The average Bonchev–Trinajstić information content (AvgIpc) is 2.41. The monoisotopic (exact) mass is 362 g/mol. The van der Waals surface area contributed by atoms with Crippen LogP contribution in [0.1, 0.15) is 12.8 Å². The van der Waals surface area contributed by atoms with Gasteiger partial charge in [0.15, 0.2) is 7.37 Å². The van der Waals surface area contributed by atoms with Crippen molar-refractivity contribution in [1.29, 1.82) is 0 Å². The summed E-state index contributed by atoms with van der Waals surface area (Å²) < 4.78 is 21.3. The summed E-state index contributed by atoms with van der Waals surface area (Å²) in [5.41, 5.74) is 10.2. The molecule has 0 bridgehead atoms. The van der Waals surface area contributed by atoms with E-state index >= 15 is 0 Å². The number of aliphatic carboxylic acids is 2. The van der Waals surface area contributed by atoms with E-state index in [1.165, 1.54) is 6.66 Å². The fourth-order valence-corrected chi connectivity index (χ4v) is 2.57. The van der Waals surface area contributed by atoms with Gasteiger partial charge in [-0.25, -0.2) is 0 Å². The molecule has 0 saturated carbocycles. The maximum absolute atomic E-state index is 10.6. The van der Waals surface area contributed by atoms with Crippen LogP contribution in [-0.2, 0) is 18.7 Å². The van der Waals surface area contributed by atoms with E-state index in [1.54, 1.807) is 0 Å². The molecular formula is C10H24N2O8P2. The van der Waals surface area contributed by atoms with Crippen LogP contribution in [0.4, 0.5) is 0 Å². The smallest absolute Gasteiger partial charge is 0.320 e. The Morgan fingerprint density at radius 2 is 1.55 bits per heavy atom. The standard InChI is InChI=1S/2C5H12NO4P/c1-11(9,10)3-2-4(6)5(7)8;6-4(5(8)9)1-2-11(10)3-7/h4H,2-3,6H2,1H3,(H,7,8)(H,9,10);4,7,11H,1-3,6H2,(H,8,9). The number of carboxylic acid groups (broad SMARTS) is 2. The number of hydrogen-bond donors (Lipinski definition) is 6. The minimum absolute atomic E-state index is 0.0412. The Morgan fingerprint density at radius 1 is 1.14 bits per heavy atom. The van der Waals surface area contributed by atoms with Gasteiger partial charge in [0.2, 0.25) is 0 Å². The minimum Gasteiger partial charge on any atom is -0.480 e. The Hall–Kier alpha value is -0.760. The zero-order chi connectivity index (χ0) is 17.9. The summed E-state index contributed by atoms with van der Waals surface area (Å²) >= 11 is 0. The number of hydrogen-bond acceptors (Lipinski definition) is 7. The fraction of sp³-hybridized carbons (Fsp3) is 0.800. The lowest BCUT2D eigenvalue weighted by Crippen LogP contribution is -2.30. The van der Waals surface area contributed by atoms with E-state index in [1.807, 2.05) is 0 Å². The summed E-state index contributed by atoms with van der Waals surface area (Å²) in [4.78, 5) is 29.0. The first-order valence-electron chi connectivity index (χ1n) is 6.29. The molecule has 4 unspecified atom stereocenters. The molecule has 0 fully saturated rings. The van der Waals surface area contributed by atoms with Gasteiger partial charge in [0.05, 0.1) is 6.35 Å². The second kappa shape index (κ2) is 11.8. The Labute approximate surface area is 128 Å². The molecule has 132 valence electrons. The van der Waals surface area contributed by atoms with Gasteiger partial charge in [-0.15, -0.1) is 0 Å². The SMILES string of the molecule is CP(=O)(O)CCC(N)C(=O)O.NC(CC[PH](=O)CO)C(=O)O. The third kappa shape index (κ3) is 15.6. The van der Waals surface area contributed by atoms with E-state index in [-0.39, 0.29) is 31.5 Å². The van der Waals surface area contributed by atoms with Crippen molar-refractivity contribution in [2.24, 2.45) is 11.5 Å². The Morgan fingerprint density at radius 3 is 1.86 bits per heavy atom. The zero-order valence-electron chi connectivity index (χ0n) is 12.2. The largest absolute Gasteiger partial charge is 0.480 e. The van der Waals surface area contributed by atoms with E-state index in [4.69, 9.17) is 31.7 Å². The summed E-state index contributed by atoms with van der Waals surface area (Å²) in [5.74, 6) is -2.24. The predicted molar refractivity (Wildman–Crippen MR) is 82.0 cm³/mol. The van der Waals surface area contributed by atoms with Crippen LogP contribution < -0.4 is 11.5 Å². The van der Waals surface area contributed by atoms with Crippen molar-refractivity contribution < 1.29 is 38.9 Å². The molecule has 0 amide bonds. The Balaban J connectivity index is 0. The molecule has 0 aliphatic rings. The van der Waals surface area contributed by atoms with Crippen molar-refractivity contribution in [1.82, 2.24) is 0 Å².